The predicted molar refractivity (Wildman–Crippen MR) is 119 cm³/mol. The molecular formula is C23H41N3O. The van der Waals surface area contributed by atoms with Crippen molar-refractivity contribution in [2.45, 2.75) is 85.6 Å². The first-order chi connectivity index (χ1) is 12.1. The summed E-state index contributed by atoms with van der Waals surface area (Å²) in [6.45, 7) is 4.02. The van der Waals surface area contributed by atoms with Gasteiger partial charge in [-0.05, 0) is 55.9 Å². The Labute approximate surface area is 166 Å². The number of aryl methyl sites for hydroxylation is 1. The molecule has 154 valence electrons. The molecule has 0 spiro atoms. The number of hydrogen-bond donors (Lipinski definition) is 2. The molecule has 4 heteroatoms. The SMILES string of the molecule is C.C.Cc1cc(N2CCC(N)C2)ccc1NC(=O)CC1CCCCCCC1. The van der Waals surface area contributed by atoms with Gasteiger partial charge in [-0.15, -0.1) is 0 Å². The van der Waals surface area contributed by atoms with Gasteiger partial charge in [0.2, 0.25) is 5.91 Å². The van der Waals surface area contributed by atoms with Crippen molar-refractivity contribution in [2.24, 2.45) is 11.7 Å². The normalized spacial score (nSPS) is 20.8. The van der Waals surface area contributed by atoms with Crippen LogP contribution in [0.5, 0.6) is 0 Å². The molecule has 0 aromatic heterocycles. The first kappa shape index (κ1) is 23.5. The second kappa shape index (κ2) is 11.3. The maximum Gasteiger partial charge on any atom is 0.224 e. The minimum Gasteiger partial charge on any atom is -0.370 e. The fourth-order valence-electron chi connectivity index (χ4n) is 4.21. The van der Waals surface area contributed by atoms with Crippen LogP contribution in [0.1, 0.15) is 78.2 Å². The van der Waals surface area contributed by atoms with Crippen molar-refractivity contribution in [3.8, 4) is 0 Å². The number of rotatable bonds is 4. The highest BCUT2D eigenvalue weighted by Crippen LogP contribution is 2.27. The molecule has 0 radical (unpaired) electrons. The van der Waals surface area contributed by atoms with Crippen molar-refractivity contribution >= 4 is 17.3 Å². The smallest absolute Gasteiger partial charge is 0.224 e. The van der Waals surface area contributed by atoms with Crippen LogP contribution in [0.2, 0.25) is 0 Å². The Morgan fingerprint density at radius 1 is 1.11 bits per heavy atom. The predicted octanol–water partition coefficient (Wildman–Crippen LogP) is 5.49. The number of nitrogens with zero attached hydrogens (tertiary/aromatic N) is 1. The van der Waals surface area contributed by atoms with Crippen molar-refractivity contribution in [2.75, 3.05) is 23.3 Å². The molecule has 4 nitrogen and oxygen atoms in total. The molecule has 1 atom stereocenters. The van der Waals surface area contributed by atoms with Gasteiger partial charge in [0.15, 0.2) is 0 Å². The molecule has 1 aliphatic carbocycles. The van der Waals surface area contributed by atoms with Gasteiger partial charge >= 0.3 is 0 Å². The summed E-state index contributed by atoms with van der Waals surface area (Å²) in [6.07, 6.45) is 10.7. The van der Waals surface area contributed by atoms with Crippen LogP contribution < -0.4 is 16.0 Å². The topological polar surface area (TPSA) is 58.4 Å². The minimum atomic E-state index is 0. The highest BCUT2D eigenvalue weighted by Gasteiger charge is 2.20. The van der Waals surface area contributed by atoms with E-state index in [-0.39, 0.29) is 26.8 Å². The van der Waals surface area contributed by atoms with Gasteiger partial charge in [-0.2, -0.15) is 0 Å². The summed E-state index contributed by atoms with van der Waals surface area (Å²) in [4.78, 5) is 14.8. The highest BCUT2D eigenvalue weighted by molar-refractivity contribution is 5.91. The fourth-order valence-corrected chi connectivity index (χ4v) is 4.21. The number of amides is 1. The summed E-state index contributed by atoms with van der Waals surface area (Å²) in [7, 11) is 0. The lowest BCUT2D eigenvalue weighted by atomic mass is 9.88. The van der Waals surface area contributed by atoms with E-state index in [1.165, 1.54) is 50.6 Å². The molecule has 27 heavy (non-hydrogen) atoms. The highest BCUT2D eigenvalue weighted by atomic mass is 16.1. The van der Waals surface area contributed by atoms with E-state index in [0.29, 0.717) is 12.3 Å². The number of nitrogens with one attached hydrogen (secondary N) is 1. The van der Waals surface area contributed by atoms with Crippen LogP contribution in [0.15, 0.2) is 18.2 Å². The second-order valence-corrected chi connectivity index (χ2v) is 7.96. The summed E-state index contributed by atoms with van der Waals surface area (Å²) in [5.74, 6) is 0.732. The van der Waals surface area contributed by atoms with Crippen molar-refractivity contribution in [1.29, 1.82) is 0 Å². The Kier molecular flexibility index (Phi) is 9.86. The molecule has 0 bridgehead atoms. The first-order valence-electron chi connectivity index (χ1n) is 10.0. The standard InChI is InChI=1S/C21H33N3O.2CH4/c1-16-13-19(24-12-11-18(22)15-24)9-10-20(16)23-21(25)14-17-7-5-3-2-4-6-8-17;;/h9-10,13,17-18H,2-8,11-12,14-15,22H2,1H3,(H,23,25);2*1H4. The third-order valence-corrected chi connectivity index (χ3v) is 5.77. The molecule has 1 saturated heterocycles. The van der Waals surface area contributed by atoms with Gasteiger partial charge in [0.1, 0.15) is 0 Å². The molecule has 1 heterocycles. The number of hydrogen-bond acceptors (Lipinski definition) is 3. The molecule has 3 rings (SSSR count). The van der Waals surface area contributed by atoms with Crippen LogP contribution >= 0.6 is 0 Å². The van der Waals surface area contributed by atoms with Crippen LogP contribution in [-0.4, -0.2) is 25.0 Å². The van der Waals surface area contributed by atoms with Gasteiger partial charge in [-0.3, -0.25) is 4.79 Å². The summed E-state index contributed by atoms with van der Waals surface area (Å²) in [5.41, 5.74) is 9.29. The summed E-state index contributed by atoms with van der Waals surface area (Å²) in [6, 6.07) is 6.60. The van der Waals surface area contributed by atoms with E-state index >= 15 is 0 Å². The van der Waals surface area contributed by atoms with Crippen LogP contribution in [0.25, 0.3) is 0 Å². The number of nitrogens with two attached hydrogens (primary N) is 1. The Morgan fingerprint density at radius 2 is 1.78 bits per heavy atom. The molecule has 2 fully saturated rings. The Bertz CT molecular complexity index is 579. The van der Waals surface area contributed by atoms with Crippen molar-refractivity contribution < 1.29 is 4.79 Å². The Balaban J connectivity index is 0.00000182. The number of carbonyl (C=O) groups excluding carboxylic acids is 1. The average molecular weight is 376 g/mol. The van der Waals surface area contributed by atoms with E-state index in [4.69, 9.17) is 5.73 Å². The van der Waals surface area contributed by atoms with Gasteiger partial charge in [0.05, 0.1) is 0 Å². The Hall–Kier alpha value is -1.55. The zero-order valence-corrected chi connectivity index (χ0v) is 15.6. The van der Waals surface area contributed by atoms with Crippen LogP contribution in [0.3, 0.4) is 0 Å². The molecule has 1 amide bonds. The van der Waals surface area contributed by atoms with Gasteiger partial charge in [0.25, 0.3) is 0 Å². The number of carbonyl (C=O) groups is 1. The quantitative estimate of drug-likeness (QED) is 0.731. The van der Waals surface area contributed by atoms with E-state index < -0.39 is 0 Å². The summed E-state index contributed by atoms with van der Waals surface area (Å²) in [5, 5.41) is 3.14. The van der Waals surface area contributed by atoms with E-state index in [1.54, 1.807) is 0 Å². The number of benzene rings is 1. The lowest BCUT2D eigenvalue weighted by molar-refractivity contribution is -0.117. The lowest BCUT2D eigenvalue weighted by Crippen LogP contribution is -2.26. The zero-order valence-electron chi connectivity index (χ0n) is 15.6. The van der Waals surface area contributed by atoms with E-state index in [1.807, 2.05) is 6.07 Å². The van der Waals surface area contributed by atoms with Crippen LogP contribution in [0.4, 0.5) is 11.4 Å². The van der Waals surface area contributed by atoms with Crippen LogP contribution in [-0.2, 0) is 4.79 Å². The number of anilines is 2. The van der Waals surface area contributed by atoms with Crippen molar-refractivity contribution in [1.82, 2.24) is 0 Å². The maximum absolute atomic E-state index is 12.5. The zero-order chi connectivity index (χ0) is 17.6. The molecule has 1 aromatic carbocycles. The third kappa shape index (κ3) is 6.84. The molecule has 3 N–H and O–H groups in total. The van der Waals surface area contributed by atoms with Gasteiger partial charge in [0, 0.05) is 36.9 Å². The van der Waals surface area contributed by atoms with Crippen molar-refractivity contribution in [3.63, 3.8) is 0 Å². The molecule has 1 aliphatic heterocycles. The van der Waals surface area contributed by atoms with E-state index in [9.17, 15) is 4.79 Å². The van der Waals surface area contributed by atoms with E-state index in [2.05, 4.69) is 29.3 Å². The van der Waals surface area contributed by atoms with Gasteiger partial charge < -0.3 is 16.0 Å². The van der Waals surface area contributed by atoms with Crippen molar-refractivity contribution in [3.05, 3.63) is 23.8 Å². The van der Waals surface area contributed by atoms with E-state index in [0.717, 1.165) is 30.8 Å². The Morgan fingerprint density at radius 3 is 2.37 bits per heavy atom. The summed E-state index contributed by atoms with van der Waals surface area (Å²) < 4.78 is 0. The molecule has 1 aromatic rings. The second-order valence-electron chi connectivity index (χ2n) is 7.96. The largest absolute Gasteiger partial charge is 0.370 e. The third-order valence-electron chi connectivity index (χ3n) is 5.77. The fraction of sp³-hybridized carbons (Fsp3) is 0.696. The molecule has 1 saturated carbocycles. The molecule has 1 unspecified atom stereocenters. The van der Waals surface area contributed by atoms with Crippen LogP contribution in [0, 0.1) is 12.8 Å². The average Bonchev–Trinajstić information content (AvgIpc) is 2.98. The molecule has 2 aliphatic rings. The monoisotopic (exact) mass is 375 g/mol. The minimum absolute atomic E-state index is 0. The summed E-state index contributed by atoms with van der Waals surface area (Å²) >= 11 is 0. The first-order valence-corrected chi connectivity index (χ1v) is 10.0. The maximum atomic E-state index is 12.5. The molecular weight excluding hydrogens is 334 g/mol. The van der Waals surface area contributed by atoms with Gasteiger partial charge in [-0.25, -0.2) is 0 Å². The lowest BCUT2D eigenvalue weighted by Gasteiger charge is -2.21. The van der Waals surface area contributed by atoms with Gasteiger partial charge in [-0.1, -0.05) is 47.0 Å².